The van der Waals surface area contributed by atoms with Gasteiger partial charge in [0.05, 0.1) is 12.2 Å². The molecule has 0 aliphatic carbocycles. The number of benzene rings is 1. The number of amides is 3. The summed E-state index contributed by atoms with van der Waals surface area (Å²) in [6.07, 6.45) is 2.80. The molecule has 2 unspecified atom stereocenters. The van der Waals surface area contributed by atoms with Gasteiger partial charge in [-0.05, 0) is 36.9 Å². The molecule has 0 radical (unpaired) electrons. The molecule has 4 aliphatic heterocycles. The van der Waals surface area contributed by atoms with Gasteiger partial charge in [-0.2, -0.15) is 0 Å². The van der Waals surface area contributed by atoms with Crippen LogP contribution in [-0.2, 0) is 27.4 Å². The second kappa shape index (κ2) is 7.76. The predicted octanol–water partition coefficient (Wildman–Crippen LogP) is 0.402. The summed E-state index contributed by atoms with van der Waals surface area (Å²) in [6, 6.07) is 5.41. The van der Waals surface area contributed by atoms with E-state index in [0.717, 1.165) is 62.3 Å². The maximum Gasteiger partial charge on any atom is 0.255 e. The van der Waals surface area contributed by atoms with Gasteiger partial charge in [0.2, 0.25) is 11.8 Å². The van der Waals surface area contributed by atoms with Crippen molar-refractivity contribution in [2.24, 2.45) is 0 Å². The van der Waals surface area contributed by atoms with Gasteiger partial charge in [0.25, 0.3) is 5.91 Å². The van der Waals surface area contributed by atoms with Crippen LogP contribution in [0.3, 0.4) is 0 Å². The van der Waals surface area contributed by atoms with Crippen molar-refractivity contribution in [1.82, 2.24) is 20.4 Å². The Morgan fingerprint density at radius 2 is 2.13 bits per heavy atom. The number of likely N-dealkylation sites (tertiary alicyclic amines) is 1. The number of carbonyl (C=O) groups excluding carboxylic acids is 3. The molecular formula is C22H28N4O4. The SMILES string of the molecule is O=C1CCC(N2Cc3cccc(CN4CCCC5(CNCCO5)C4)c3C2=O)C(=O)N1. The van der Waals surface area contributed by atoms with Crippen molar-refractivity contribution in [1.29, 1.82) is 0 Å². The van der Waals surface area contributed by atoms with Crippen molar-refractivity contribution in [3.63, 3.8) is 0 Å². The molecule has 8 nitrogen and oxygen atoms in total. The Hall–Kier alpha value is -2.29. The standard InChI is InChI=1S/C22H28N4O4/c27-18-6-5-17(20(28)24-18)26-12-16-4-1-3-15(19(16)21(26)29)11-25-9-2-7-22(14-25)13-23-8-10-30-22/h1,3-4,17,23H,2,5-14H2,(H,24,27,28). The van der Waals surface area contributed by atoms with Gasteiger partial charge in [0, 0.05) is 44.7 Å². The third kappa shape index (κ3) is 3.53. The molecule has 4 aliphatic rings. The van der Waals surface area contributed by atoms with Gasteiger partial charge < -0.3 is 15.0 Å². The summed E-state index contributed by atoms with van der Waals surface area (Å²) in [6.45, 7) is 5.48. The number of ether oxygens (including phenoxy) is 1. The number of imide groups is 1. The predicted molar refractivity (Wildman–Crippen MR) is 109 cm³/mol. The Bertz CT molecular complexity index is 874. The molecule has 1 spiro atoms. The largest absolute Gasteiger partial charge is 0.371 e. The lowest BCUT2D eigenvalue weighted by molar-refractivity contribution is -0.136. The third-order valence-electron chi connectivity index (χ3n) is 6.79. The second-order valence-electron chi connectivity index (χ2n) is 8.87. The number of morpholine rings is 1. The molecule has 0 bridgehead atoms. The molecular weight excluding hydrogens is 384 g/mol. The van der Waals surface area contributed by atoms with Crippen molar-refractivity contribution >= 4 is 17.7 Å². The van der Waals surface area contributed by atoms with E-state index in [9.17, 15) is 14.4 Å². The van der Waals surface area contributed by atoms with Crippen LogP contribution in [0, 0.1) is 0 Å². The maximum atomic E-state index is 13.3. The van der Waals surface area contributed by atoms with E-state index < -0.39 is 6.04 Å². The highest BCUT2D eigenvalue weighted by atomic mass is 16.5. The van der Waals surface area contributed by atoms with Gasteiger partial charge >= 0.3 is 0 Å². The molecule has 0 saturated carbocycles. The first kappa shape index (κ1) is 19.7. The molecule has 2 atom stereocenters. The molecule has 2 N–H and O–H groups in total. The zero-order valence-electron chi connectivity index (χ0n) is 17.1. The van der Waals surface area contributed by atoms with E-state index in [4.69, 9.17) is 4.74 Å². The second-order valence-corrected chi connectivity index (χ2v) is 8.87. The van der Waals surface area contributed by atoms with Gasteiger partial charge in [0.1, 0.15) is 6.04 Å². The van der Waals surface area contributed by atoms with Crippen molar-refractivity contribution in [3.8, 4) is 0 Å². The van der Waals surface area contributed by atoms with Gasteiger partial charge in [-0.15, -0.1) is 0 Å². The molecule has 1 aromatic carbocycles. The average Bonchev–Trinajstić information content (AvgIpc) is 3.06. The summed E-state index contributed by atoms with van der Waals surface area (Å²) in [5, 5.41) is 5.82. The Kier molecular flexibility index (Phi) is 5.08. The lowest BCUT2D eigenvalue weighted by Gasteiger charge is -2.45. The molecule has 160 valence electrons. The van der Waals surface area contributed by atoms with E-state index in [0.29, 0.717) is 19.5 Å². The number of hydrogen-bond donors (Lipinski definition) is 2. The molecule has 3 saturated heterocycles. The first-order valence-corrected chi connectivity index (χ1v) is 10.9. The van der Waals surface area contributed by atoms with Crippen LogP contribution in [0.2, 0.25) is 0 Å². The fraction of sp³-hybridized carbons (Fsp3) is 0.591. The van der Waals surface area contributed by atoms with Crippen LogP contribution in [0.4, 0.5) is 0 Å². The van der Waals surface area contributed by atoms with Crippen molar-refractivity contribution in [2.45, 2.75) is 50.4 Å². The lowest BCUT2D eigenvalue weighted by Crippen LogP contribution is -2.58. The molecule has 30 heavy (non-hydrogen) atoms. The van der Waals surface area contributed by atoms with E-state index in [1.54, 1.807) is 4.90 Å². The summed E-state index contributed by atoms with van der Waals surface area (Å²) in [4.78, 5) is 41.1. The van der Waals surface area contributed by atoms with Crippen LogP contribution in [0.1, 0.15) is 47.2 Å². The van der Waals surface area contributed by atoms with E-state index in [1.807, 2.05) is 18.2 Å². The van der Waals surface area contributed by atoms with E-state index >= 15 is 0 Å². The highest BCUT2D eigenvalue weighted by Gasteiger charge is 2.41. The highest BCUT2D eigenvalue weighted by molar-refractivity contribution is 6.05. The minimum atomic E-state index is -0.574. The van der Waals surface area contributed by atoms with Crippen LogP contribution in [0.5, 0.6) is 0 Å². The first-order valence-electron chi connectivity index (χ1n) is 10.9. The van der Waals surface area contributed by atoms with Crippen molar-refractivity contribution < 1.29 is 19.1 Å². The smallest absolute Gasteiger partial charge is 0.255 e. The fourth-order valence-corrected chi connectivity index (χ4v) is 5.36. The Morgan fingerprint density at radius 3 is 2.93 bits per heavy atom. The Labute approximate surface area is 175 Å². The fourth-order valence-electron chi connectivity index (χ4n) is 5.36. The van der Waals surface area contributed by atoms with Gasteiger partial charge in [-0.3, -0.25) is 24.6 Å². The minimum Gasteiger partial charge on any atom is -0.371 e. The highest BCUT2D eigenvalue weighted by Crippen LogP contribution is 2.32. The number of rotatable bonds is 3. The molecule has 0 aromatic heterocycles. The number of nitrogens with one attached hydrogen (secondary N) is 2. The number of piperidine rings is 2. The van der Waals surface area contributed by atoms with E-state index in [2.05, 4.69) is 15.5 Å². The molecule has 3 amide bonds. The van der Waals surface area contributed by atoms with Gasteiger partial charge in [-0.25, -0.2) is 0 Å². The summed E-state index contributed by atoms with van der Waals surface area (Å²) in [7, 11) is 0. The third-order valence-corrected chi connectivity index (χ3v) is 6.79. The zero-order chi connectivity index (χ0) is 20.7. The molecule has 1 aromatic rings. The Morgan fingerprint density at radius 1 is 1.23 bits per heavy atom. The average molecular weight is 412 g/mol. The lowest BCUT2D eigenvalue weighted by atomic mass is 9.90. The van der Waals surface area contributed by atoms with E-state index in [-0.39, 0.29) is 29.7 Å². The topological polar surface area (TPSA) is 91.0 Å². The number of hydrogen-bond acceptors (Lipinski definition) is 6. The Balaban J connectivity index is 1.34. The molecule has 3 fully saturated rings. The van der Waals surface area contributed by atoms with Crippen LogP contribution in [-0.4, -0.2) is 72.0 Å². The van der Waals surface area contributed by atoms with Crippen LogP contribution in [0.25, 0.3) is 0 Å². The van der Waals surface area contributed by atoms with Crippen molar-refractivity contribution in [2.75, 3.05) is 32.8 Å². The monoisotopic (exact) mass is 412 g/mol. The van der Waals surface area contributed by atoms with Crippen LogP contribution in [0.15, 0.2) is 18.2 Å². The number of carbonyl (C=O) groups is 3. The van der Waals surface area contributed by atoms with Gasteiger partial charge in [0.15, 0.2) is 0 Å². The van der Waals surface area contributed by atoms with E-state index in [1.165, 1.54) is 0 Å². The summed E-state index contributed by atoms with van der Waals surface area (Å²) in [5.74, 6) is -0.731. The van der Waals surface area contributed by atoms with Crippen LogP contribution >= 0.6 is 0 Å². The zero-order valence-corrected chi connectivity index (χ0v) is 17.1. The molecule has 4 heterocycles. The summed E-state index contributed by atoms with van der Waals surface area (Å²) < 4.78 is 6.15. The van der Waals surface area contributed by atoms with Crippen molar-refractivity contribution in [3.05, 3.63) is 34.9 Å². The normalized spacial score (nSPS) is 29.9. The first-order chi connectivity index (χ1) is 14.5. The molecule has 8 heteroatoms. The minimum absolute atomic E-state index is 0.0996. The maximum absolute atomic E-state index is 13.3. The number of fused-ring (bicyclic) bond motifs is 1. The number of nitrogens with zero attached hydrogens (tertiary/aromatic N) is 2. The summed E-state index contributed by atoms with van der Waals surface area (Å²) >= 11 is 0. The summed E-state index contributed by atoms with van der Waals surface area (Å²) in [5.41, 5.74) is 2.57. The van der Waals surface area contributed by atoms with Crippen LogP contribution < -0.4 is 10.6 Å². The van der Waals surface area contributed by atoms with Gasteiger partial charge in [-0.1, -0.05) is 18.2 Å². The molecule has 5 rings (SSSR count). The quantitative estimate of drug-likeness (QED) is 0.699.